The van der Waals surface area contributed by atoms with Gasteiger partial charge in [-0.05, 0) is 42.3 Å². The van der Waals surface area contributed by atoms with Crippen molar-refractivity contribution in [2.75, 3.05) is 14.2 Å². The molecule has 31 heavy (non-hydrogen) atoms. The summed E-state index contributed by atoms with van der Waals surface area (Å²) in [6, 6.07) is 6.92. The van der Waals surface area contributed by atoms with Gasteiger partial charge in [0.25, 0.3) is 11.2 Å². The van der Waals surface area contributed by atoms with Crippen molar-refractivity contribution in [2.45, 2.75) is 13.0 Å². The molecule has 158 valence electrons. The van der Waals surface area contributed by atoms with Gasteiger partial charge in [-0.25, -0.2) is 9.78 Å². The van der Waals surface area contributed by atoms with E-state index in [1.54, 1.807) is 6.08 Å². The lowest BCUT2D eigenvalue weighted by Gasteiger charge is -2.09. The SMILES string of the molecule is COc1cc(/C=C2/CCn3c2nc2cc(C(=O)O)ccc2c3=O)c([N+](=O)[O-])cc1OC. The summed E-state index contributed by atoms with van der Waals surface area (Å²) in [5.74, 6) is -0.220. The first-order valence-electron chi connectivity index (χ1n) is 9.23. The summed E-state index contributed by atoms with van der Waals surface area (Å²) in [4.78, 5) is 39.7. The van der Waals surface area contributed by atoms with Gasteiger partial charge in [-0.15, -0.1) is 0 Å². The molecule has 0 atom stereocenters. The van der Waals surface area contributed by atoms with E-state index in [0.29, 0.717) is 35.5 Å². The number of rotatable bonds is 5. The first kappa shape index (κ1) is 20.1. The van der Waals surface area contributed by atoms with Gasteiger partial charge in [-0.3, -0.25) is 19.5 Å². The van der Waals surface area contributed by atoms with E-state index in [-0.39, 0.29) is 33.6 Å². The first-order chi connectivity index (χ1) is 14.8. The largest absolute Gasteiger partial charge is 0.493 e. The van der Waals surface area contributed by atoms with Crippen LogP contribution in [-0.4, -0.2) is 39.8 Å². The highest BCUT2D eigenvalue weighted by Gasteiger charge is 2.24. The number of carboxylic acids is 1. The van der Waals surface area contributed by atoms with Crippen molar-refractivity contribution in [1.29, 1.82) is 0 Å². The van der Waals surface area contributed by atoms with Crippen LogP contribution in [0.5, 0.6) is 11.5 Å². The third-order valence-electron chi connectivity index (χ3n) is 5.15. The van der Waals surface area contributed by atoms with Crippen LogP contribution < -0.4 is 15.0 Å². The number of hydrogen-bond donors (Lipinski definition) is 1. The maximum Gasteiger partial charge on any atom is 0.335 e. The maximum atomic E-state index is 12.9. The van der Waals surface area contributed by atoms with E-state index in [1.807, 2.05) is 0 Å². The molecule has 0 amide bonds. The number of carbonyl (C=O) groups is 1. The fourth-order valence-corrected chi connectivity index (χ4v) is 3.63. The van der Waals surface area contributed by atoms with Crippen LogP contribution in [0, 0.1) is 10.1 Å². The van der Waals surface area contributed by atoms with Gasteiger partial charge < -0.3 is 14.6 Å². The molecule has 2 aromatic carbocycles. The van der Waals surface area contributed by atoms with Crippen LogP contribution in [-0.2, 0) is 6.54 Å². The fourth-order valence-electron chi connectivity index (χ4n) is 3.63. The highest BCUT2D eigenvalue weighted by Crippen LogP contribution is 2.37. The molecule has 0 bridgehead atoms. The van der Waals surface area contributed by atoms with Crippen LogP contribution in [0.2, 0.25) is 0 Å². The highest BCUT2D eigenvalue weighted by molar-refractivity contribution is 5.93. The van der Waals surface area contributed by atoms with Crippen molar-refractivity contribution in [2.24, 2.45) is 0 Å². The number of nitro groups is 1. The summed E-state index contributed by atoms with van der Waals surface area (Å²) in [6.45, 7) is 0.366. The predicted octanol–water partition coefficient (Wildman–Crippen LogP) is 2.96. The summed E-state index contributed by atoms with van der Waals surface area (Å²) < 4.78 is 11.9. The lowest BCUT2D eigenvalue weighted by atomic mass is 10.1. The molecule has 4 rings (SSSR count). The van der Waals surface area contributed by atoms with Crippen LogP contribution in [0.15, 0.2) is 35.1 Å². The number of benzene rings is 2. The maximum absolute atomic E-state index is 12.9. The van der Waals surface area contributed by atoms with E-state index >= 15 is 0 Å². The molecule has 3 aromatic rings. The lowest BCUT2D eigenvalue weighted by molar-refractivity contribution is -0.385. The van der Waals surface area contributed by atoms with Crippen LogP contribution in [0.3, 0.4) is 0 Å². The molecule has 0 aliphatic carbocycles. The van der Waals surface area contributed by atoms with Crippen molar-refractivity contribution in [3.8, 4) is 11.5 Å². The van der Waals surface area contributed by atoms with Gasteiger partial charge in [0.2, 0.25) is 0 Å². The topological polar surface area (TPSA) is 134 Å². The zero-order valence-corrected chi connectivity index (χ0v) is 16.6. The molecule has 0 fully saturated rings. The Morgan fingerprint density at radius 1 is 1.23 bits per heavy atom. The Balaban J connectivity index is 1.91. The number of aromatic nitrogens is 2. The van der Waals surface area contributed by atoms with E-state index in [4.69, 9.17) is 9.47 Å². The summed E-state index contributed by atoms with van der Waals surface area (Å²) >= 11 is 0. The van der Waals surface area contributed by atoms with Gasteiger partial charge in [0.05, 0.1) is 47.2 Å². The van der Waals surface area contributed by atoms with E-state index in [1.165, 1.54) is 49.1 Å². The average molecular weight is 423 g/mol. The van der Waals surface area contributed by atoms with Crippen LogP contribution >= 0.6 is 0 Å². The second kappa shape index (κ2) is 7.56. The smallest absolute Gasteiger partial charge is 0.335 e. The van der Waals surface area contributed by atoms with Gasteiger partial charge in [0, 0.05) is 6.54 Å². The molecule has 0 radical (unpaired) electrons. The predicted molar refractivity (Wildman–Crippen MR) is 112 cm³/mol. The Bertz CT molecular complexity index is 1340. The molecule has 1 aliphatic heterocycles. The van der Waals surface area contributed by atoms with E-state index in [2.05, 4.69) is 4.98 Å². The van der Waals surface area contributed by atoms with E-state index in [9.17, 15) is 24.8 Å². The molecule has 0 unspecified atom stereocenters. The lowest BCUT2D eigenvalue weighted by Crippen LogP contribution is -2.21. The molecular weight excluding hydrogens is 406 g/mol. The second-order valence-electron chi connectivity index (χ2n) is 6.87. The van der Waals surface area contributed by atoms with Gasteiger partial charge >= 0.3 is 5.97 Å². The van der Waals surface area contributed by atoms with Crippen molar-refractivity contribution < 1.29 is 24.3 Å². The zero-order chi connectivity index (χ0) is 22.3. The van der Waals surface area contributed by atoms with Gasteiger partial charge in [0.15, 0.2) is 11.5 Å². The first-order valence-corrected chi connectivity index (χ1v) is 9.23. The number of aromatic carboxylic acids is 1. The van der Waals surface area contributed by atoms with Crippen molar-refractivity contribution >= 4 is 34.2 Å². The average Bonchev–Trinajstić information content (AvgIpc) is 3.15. The van der Waals surface area contributed by atoms with Crippen LogP contribution in [0.1, 0.15) is 28.2 Å². The molecule has 0 saturated carbocycles. The molecule has 1 N–H and O–H groups in total. The van der Waals surface area contributed by atoms with Crippen LogP contribution in [0.4, 0.5) is 5.69 Å². The van der Waals surface area contributed by atoms with Crippen molar-refractivity contribution in [1.82, 2.24) is 9.55 Å². The molecule has 0 spiro atoms. The molecule has 10 heteroatoms. The molecule has 2 heterocycles. The van der Waals surface area contributed by atoms with E-state index in [0.717, 1.165) is 0 Å². The number of carboxylic acid groups (broad SMARTS) is 1. The molecule has 10 nitrogen and oxygen atoms in total. The molecule has 1 aromatic heterocycles. The number of fused-ring (bicyclic) bond motifs is 2. The number of hydrogen-bond acceptors (Lipinski definition) is 7. The summed E-state index contributed by atoms with van der Waals surface area (Å²) in [7, 11) is 2.82. The number of methoxy groups -OCH3 is 2. The third kappa shape index (κ3) is 3.37. The summed E-state index contributed by atoms with van der Waals surface area (Å²) in [5, 5.41) is 21.1. The minimum absolute atomic E-state index is 0.0170. The van der Waals surface area contributed by atoms with Gasteiger partial charge in [-0.2, -0.15) is 0 Å². The standard InChI is InChI=1S/C21H17N3O7/c1-30-17-9-13(16(24(28)29)10-18(17)31-2)7-11-5-6-23-19(11)22-15-8-12(21(26)27)3-4-14(15)20(23)25/h3-4,7-10H,5-6H2,1-2H3,(H,26,27)/b11-7-. The second-order valence-corrected chi connectivity index (χ2v) is 6.87. The molecular formula is C21H17N3O7. The van der Waals surface area contributed by atoms with Crippen molar-refractivity contribution in [3.05, 3.63) is 67.8 Å². The summed E-state index contributed by atoms with van der Waals surface area (Å²) in [6.07, 6.45) is 2.04. The van der Waals surface area contributed by atoms with Gasteiger partial charge in [0.1, 0.15) is 5.82 Å². The summed E-state index contributed by atoms with van der Waals surface area (Å²) in [5.41, 5.74) is 0.700. The van der Waals surface area contributed by atoms with Crippen molar-refractivity contribution in [3.63, 3.8) is 0 Å². The molecule has 1 aliphatic rings. The Hall–Kier alpha value is -4.21. The Kier molecular flexibility index (Phi) is 4.90. The minimum atomic E-state index is -1.12. The number of nitrogens with zero attached hydrogens (tertiary/aromatic N) is 3. The number of nitro benzene ring substituents is 1. The number of ether oxygens (including phenoxy) is 2. The van der Waals surface area contributed by atoms with Crippen LogP contribution in [0.25, 0.3) is 22.6 Å². The fraction of sp³-hybridized carbons (Fsp3) is 0.190. The highest BCUT2D eigenvalue weighted by atomic mass is 16.6. The minimum Gasteiger partial charge on any atom is -0.493 e. The number of allylic oxidation sites excluding steroid dienone is 1. The third-order valence-corrected chi connectivity index (χ3v) is 5.15. The normalized spacial score (nSPS) is 13.9. The molecule has 0 saturated heterocycles. The zero-order valence-electron chi connectivity index (χ0n) is 16.6. The Labute approximate surface area is 175 Å². The quantitative estimate of drug-likeness (QED) is 0.489. The Morgan fingerprint density at radius 2 is 1.94 bits per heavy atom. The Morgan fingerprint density at radius 3 is 2.58 bits per heavy atom. The van der Waals surface area contributed by atoms with E-state index < -0.39 is 10.9 Å². The van der Waals surface area contributed by atoms with Gasteiger partial charge in [-0.1, -0.05) is 0 Å². The monoisotopic (exact) mass is 423 g/mol.